The molecule has 1 aliphatic rings. The van der Waals surface area contributed by atoms with Gasteiger partial charge in [-0.25, -0.2) is 4.39 Å². The minimum atomic E-state index is -0.331. The van der Waals surface area contributed by atoms with Crippen molar-refractivity contribution >= 4 is 16.8 Å². The van der Waals surface area contributed by atoms with E-state index in [2.05, 4.69) is 17.6 Å². The number of carbonyl (C=O) groups excluding carboxylic acids is 1. The van der Waals surface area contributed by atoms with Crippen LogP contribution in [-0.4, -0.2) is 22.3 Å². The van der Waals surface area contributed by atoms with Gasteiger partial charge in [-0.05, 0) is 41.8 Å². The van der Waals surface area contributed by atoms with E-state index in [1.165, 1.54) is 29.2 Å². The van der Waals surface area contributed by atoms with Gasteiger partial charge in [0.25, 0.3) is 0 Å². The van der Waals surface area contributed by atoms with Crippen molar-refractivity contribution in [1.82, 2.24) is 9.88 Å². The van der Waals surface area contributed by atoms with E-state index in [1.807, 2.05) is 24.3 Å². The van der Waals surface area contributed by atoms with Gasteiger partial charge in [0.1, 0.15) is 5.82 Å². The Hall–Kier alpha value is -2.88. The number of H-pyrrole nitrogens is 1. The van der Waals surface area contributed by atoms with Crippen LogP contribution in [-0.2, 0) is 11.2 Å². The number of amides is 1. The number of nitrogens with zero attached hydrogens (tertiary/aromatic N) is 1. The summed E-state index contributed by atoms with van der Waals surface area (Å²) in [5.74, 6) is -0.449. The van der Waals surface area contributed by atoms with Crippen molar-refractivity contribution in [3.63, 3.8) is 0 Å². The number of aromatic nitrogens is 1. The van der Waals surface area contributed by atoms with Gasteiger partial charge in [0.15, 0.2) is 0 Å². The zero-order valence-electron chi connectivity index (χ0n) is 13.1. The molecule has 0 saturated carbocycles. The SMILES string of the molecule is C=CC(=O)N1CCc2c([nH]c3ccccc23)C1c1cccc(F)c1. The topological polar surface area (TPSA) is 36.1 Å². The lowest BCUT2D eigenvalue weighted by Crippen LogP contribution is -2.39. The number of hydrogen-bond donors (Lipinski definition) is 1. The lowest BCUT2D eigenvalue weighted by Gasteiger charge is -2.35. The number of rotatable bonds is 2. The van der Waals surface area contributed by atoms with E-state index in [1.54, 1.807) is 11.0 Å². The first-order valence-corrected chi connectivity index (χ1v) is 7.97. The van der Waals surface area contributed by atoms with Gasteiger partial charge in [-0.15, -0.1) is 0 Å². The third-order valence-corrected chi connectivity index (χ3v) is 4.66. The smallest absolute Gasteiger partial charge is 0.246 e. The molecule has 2 aromatic carbocycles. The molecule has 0 radical (unpaired) electrons. The van der Waals surface area contributed by atoms with Crippen LogP contribution in [0, 0.1) is 5.82 Å². The largest absolute Gasteiger partial charge is 0.356 e. The molecular formula is C20H17FN2O. The van der Waals surface area contributed by atoms with Crippen LogP contribution in [0.2, 0.25) is 0 Å². The van der Waals surface area contributed by atoms with Crippen LogP contribution in [0.4, 0.5) is 4.39 Å². The summed E-state index contributed by atoms with van der Waals surface area (Å²) in [5.41, 5.74) is 3.96. The fraction of sp³-hybridized carbons (Fsp3) is 0.150. The van der Waals surface area contributed by atoms with Crippen LogP contribution in [0.5, 0.6) is 0 Å². The van der Waals surface area contributed by atoms with Crippen molar-refractivity contribution in [1.29, 1.82) is 0 Å². The Morgan fingerprint density at radius 1 is 1.25 bits per heavy atom. The second-order valence-electron chi connectivity index (χ2n) is 6.01. The normalized spacial score (nSPS) is 16.9. The van der Waals surface area contributed by atoms with Crippen molar-refractivity contribution in [3.8, 4) is 0 Å². The van der Waals surface area contributed by atoms with Gasteiger partial charge in [-0.3, -0.25) is 4.79 Å². The molecule has 2 heterocycles. The molecule has 0 fully saturated rings. The summed E-state index contributed by atoms with van der Waals surface area (Å²) in [4.78, 5) is 17.6. The number of fused-ring (bicyclic) bond motifs is 3. The Balaban J connectivity index is 1.94. The molecule has 0 saturated heterocycles. The highest BCUT2D eigenvalue weighted by atomic mass is 19.1. The van der Waals surface area contributed by atoms with E-state index in [9.17, 15) is 9.18 Å². The predicted molar refractivity (Wildman–Crippen MR) is 92.2 cm³/mol. The summed E-state index contributed by atoms with van der Waals surface area (Å²) in [6, 6.07) is 14.2. The number of nitrogens with one attached hydrogen (secondary N) is 1. The van der Waals surface area contributed by atoms with E-state index in [4.69, 9.17) is 0 Å². The van der Waals surface area contributed by atoms with Gasteiger partial charge in [-0.1, -0.05) is 36.9 Å². The Morgan fingerprint density at radius 3 is 2.88 bits per heavy atom. The lowest BCUT2D eigenvalue weighted by atomic mass is 9.92. The van der Waals surface area contributed by atoms with Crippen LogP contribution in [0.15, 0.2) is 61.2 Å². The first-order valence-electron chi connectivity index (χ1n) is 7.97. The molecule has 0 aliphatic carbocycles. The van der Waals surface area contributed by atoms with Gasteiger partial charge in [0.05, 0.1) is 6.04 Å². The fourth-order valence-corrected chi connectivity index (χ4v) is 3.62. The summed E-state index contributed by atoms with van der Waals surface area (Å²) >= 11 is 0. The third kappa shape index (κ3) is 2.22. The van der Waals surface area contributed by atoms with Crippen LogP contribution < -0.4 is 0 Å². The van der Waals surface area contributed by atoms with Crippen LogP contribution in [0.3, 0.4) is 0 Å². The number of benzene rings is 2. The van der Waals surface area contributed by atoms with E-state index in [-0.39, 0.29) is 17.8 Å². The standard InChI is InChI=1S/C20H17FN2O/c1-2-18(24)23-11-10-16-15-8-3-4-9-17(15)22-19(16)20(23)13-6-5-7-14(21)12-13/h2-9,12,20,22H,1,10-11H2. The quantitative estimate of drug-likeness (QED) is 0.713. The Kier molecular flexibility index (Phi) is 3.45. The average molecular weight is 320 g/mol. The van der Waals surface area contributed by atoms with E-state index >= 15 is 0 Å². The number of para-hydroxylation sites is 1. The molecule has 1 unspecified atom stereocenters. The number of halogens is 1. The third-order valence-electron chi connectivity index (χ3n) is 4.66. The Morgan fingerprint density at radius 2 is 2.08 bits per heavy atom. The van der Waals surface area contributed by atoms with Crippen LogP contribution in [0.25, 0.3) is 10.9 Å². The molecule has 24 heavy (non-hydrogen) atoms. The van der Waals surface area contributed by atoms with Crippen molar-refractivity contribution < 1.29 is 9.18 Å². The molecule has 120 valence electrons. The highest BCUT2D eigenvalue weighted by Crippen LogP contribution is 2.38. The maximum Gasteiger partial charge on any atom is 0.246 e. The zero-order chi connectivity index (χ0) is 16.7. The highest BCUT2D eigenvalue weighted by molar-refractivity contribution is 5.90. The van der Waals surface area contributed by atoms with Crippen molar-refractivity contribution in [3.05, 3.63) is 83.8 Å². The average Bonchev–Trinajstić information content (AvgIpc) is 2.98. The lowest BCUT2D eigenvalue weighted by molar-refractivity contribution is -0.128. The fourth-order valence-electron chi connectivity index (χ4n) is 3.62. The molecule has 3 aromatic rings. The molecular weight excluding hydrogens is 303 g/mol. The second-order valence-corrected chi connectivity index (χ2v) is 6.01. The maximum absolute atomic E-state index is 13.8. The van der Waals surface area contributed by atoms with Gasteiger partial charge in [-0.2, -0.15) is 0 Å². The molecule has 4 heteroatoms. The highest BCUT2D eigenvalue weighted by Gasteiger charge is 2.33. The second kappa shape index (κ2) is 5.64. The maximum atomic E-state index is 13.8. The van der Waals surface area contributed by atoms with E-state index in [0.29, 0.717) is 6.54 Å². The Labute approximate surface area is 139 Å². The zero-order valence-corrected chi connectivity index (χ0v) is 13.1. The van der Waals surface area contributed by atoms with Gasteiger partial charge in [0.2, 0.25) is 5.91 Å². The Bertz CT molecular complexity index is 944. The molecule has 3 nitrogen and oxygen atoms in total. The monoisotopic (exact) mass is 320 g/mol. The summed E-state index contributed by atoms with van der Waals surface area (Å²) in [6.07, 6.45) is 2.09. The molecule has 0 spiro atoms. The van der Waals surface area contributed by atoms with Gasteiger partial charge < -0.3 is 9.88 Å². The molecule has 1 N–H and O–H groups in total. The summed E-state index contributed by atoms with van der Waals surface area (Å²) < 4.78 is 13.8. The summed E-state index contributed by atoms with van der Waals surface area (Å²) in [5, 5.41) is 1.17. The summed E-state index contributed by atoms with van der Waals surface area (Å²) in [6.45, 7) is 4.19. The molecule has 1 aliphatic heterocycles. The van der Waals surface area contributed by atoms with E-state index in [0.717, 1.165) is 23.2 Å². The molecule has 4 rings (SSSR count). The van der Waals surface area contributed by atoms with E-state index < -0.39 is 0 Å². The van der Waals surface area contributed by atoms with Crippen molar-refractivity contribution in [2.75, 3.05) is 6.54 Å². The number of hydrogen-bond acceptors (Lipinski definition) is 1. The first-order chi connectivity index (χ1) is 11.7. The molecule has 0 bridgehead atoms. The number of carbonyl (C=O) groups is 1. The minimum Gasteiger partial charge on any atom is -0.356 e. The molecule has 1 atom stereocenters. The number of aromatic amines is 1. The van der Waals surface area contributed by atoms with Crippen molar-refractivity contribution in [2.45, 2.75) is 12.5 Å². The first kappa shape index (κ1) is 14.7. The predicted octanol–water partition coefficient (Wildman–Crippen LogP) is 3.97. The minimum absolute atomic E-state index is 0.145. The van der Waals surface area contributed by atoms with Crippen molar-refractivity contribution in [2.24, 2.45) is 0 Å². The van der Waals surface area contributed by atoms with Crippen LogP contribution in [0.1, 0.15) is 22.9 Å². The molecule has 1 amide bonds. The molecule has 1 aromatic heterocycles. The summed E-state index contributed by atoms with van der Waals surface area (Å²) in [7, 11) is 0. The van der Waals surface area contributed by atoms with Gasteiger partial charge in [0, 0.05) is 23.1 Å². The van der Waals surface area contributed by atoms with Gasteiger partial charge >= 0.3 is 0 Å². The van der Waals surface area contributed by atoms with Crippen LogP contribution >= 0.6 is 0 Å².